The predicted molar refractivity (Wildman–Crippen MR) is 75.6 cm³/mol. The number of carbonyl (C=O) groups is 1. The monoisotopic (exact) mass is 268 g/mol. The fourth-order valence-corrected chi connectivity index (χ4v) is 2.26. The van der Waals surface area contributed by atoms with Gasteiger partial charge in [-0.25, -0.2) is 0 Å². The predicted octanol–water partition coefficient (Wildman–Crippen LogP) is 3.28. The van der Waals surface area contributed by atoms with Crippen LogP contribution in [0.2, 0.25) is 0 Å². The molecule has 0 unspecified atom stereocenters. The van der Waals surface area contributed by atoms with Gasteiger partial charge in [-0.1, -0.05) is 6.07 Å². The Morgan fingerprint density at radius 1 is 1.28 bits per heavy atom. The Morgan fingerprint density at radius 3 is 2.72 bits per heavy atom. The first-order valence-electron chi connectivity index (χ1n) is 6.09. The normalized spacial score (nSPS) is 10.3. The van der Waals surface area contributed by atoms with Gasteiger partial charge in [-0.2, -0.15) is 11.8 Å². The number of benzene rings is 1. The van der Waals surface area contributed by atoms with Crippen LogP contribution in [0.15, 0.2) is 18.2 Å². The van der Waals surface area contributed by atoms with E-state index in [4.69, 9.17) is 9.84 Å². The molecule has 4 heteroatoms. The number of rotatable bonds is 8. The van der Waals surface area contributed by atoms with Crippen molar-refractivity contribution in [1.29, 1.82) is 0 Å². The van der Waals surface area contributed by atoms with E-state index in [1.807, 2.05) is 12.1 Å². The zero-order chi connectivity index (χ0) is 13.4. The van der Waals surface area contributed by atoms with Gasteiger partial charge in [-0.3, -0.25) is 4.79 Å². The molecule has 0 aliphatic heterocycles. The zero-order valence-corrected chi connectivity index (χ0v) is 11.8. The van der Waals surface area contributed by atoms with Crippen molar-refractivity contribution in [2.24, 2.45) is 0 Å². The van der Waals surface area contributed by atoms with Gasteiger partial charge in [0.1, 0.15) is 5.75 Å². The molecule has 0 spiro atoms. The van der Waals surface area contributed by atoms with Crippen LogP contribution in [0.1, 0.15) is 24.0 Å². The Balaban J connectivity index is 2.10. The van der Waals surface area contributed by atoms with E-state index in [2.05, 4.69) is 19.9 Å². The lowest BCUT2D eigenvalue weighted by Gasteiger charge is -2.08. The van der Waals surface area contributed by atoms with E-state index in [0.717, 1.165) is 17.9 Å². The van der Waals surface area contributed by atoms with Crippen LogP contribution >= 0.6 is 11.8 Å². The molecule has 1 rings (SSSR count). The zero-order valence-electron chi connectivity index (χ0n) is 10.9. The summed E-state index contributed by atoms with van der Waals surface area (Å²) >= 11 is 1.66. The minimum absolute atomic E-state index is 0.239. The molecule has 1 N–H and O–H groups in total. The van der Waals surface area contributed by atoms with E-state index >= 15 is 0 Å². The lowest BCUT2D eigenvalue weighted by atomic mass is 10.1. The fraction of sp³-hybridized carbons (Fsp3) is 0.500. The first kappa shape index (κ1) is 14.9. The van der Waals surface area contributed by atoms with Crippen LogP contribution in [0.4, 0.5) is 0 Å². The Labute approximate surface area is 113 Å². The lowest BCUT2D eigenvalue weighted by Crippen LogP contribution is -2.01. The maximum absolute atomic E-state index is 10.3. The third kappa shape index (κ3) is 5.96. The molecule has 0 atom stereocenters. The van der Waals surface area contributed by atoms with Crippen molar-refractivity contribution >= 4 is 17.7 Å². The van der Waals surface area contributed by atoms with Crippen LogP contribution in [-0.2, 0) is 4.79 Å². The molecule has 0 bridgehead atoms. The summed E-state index contributed by atoms with van der Waals surface area (Å²) in [5, 5.41) is 8.48. The van der Waals surface area contributed by atoms with Crippen molar-refractivity contribution in [3.05, 3.63) is 29.3 Å². The molecule has 0 fully saturated rings. The van der Waals surface area contributed by atoms with Gasteiger partial charge >= 0.3 is 5.97 Å². The van der Waals surface area contributed by atoms with Crippen molar-refractivity contribution in [3.63, 3.8) is 0 Å². The molecule has 0 aromatic heterocycles. The summed E-state index contributed by atoms with van der Waals surface area (Å²) in [7, 11) is 0. The molecule has 0 amide bonds. The summed E-state index contributed by atoms with van der Waals surface area (Å²) < 4.78 is 5.64. The molecular weight excluding hydrogens is 248 g/mol. The Bertz CT molecular complexity index is 391. The minimum Gasteiger partial charge on any atom is -0.494 e. The number of hydrogen-bond donors (Lipinski definition) is 1. The second-order valence-corrected chi connectivity index (χ2v) is 5.43. The van der Waals surface area contributed by atoms with Gasteiger partial charge in [-0.15, -0.1) is 0 Å². The molecule has 0 saturated carbocycles. The van der Waals surface area contributed by atoms with Gasteiger partial charge in [0.15, 0.2) is 0 Å². The van der Waals surface area contributed by atoms with Crippen molar-refractivity contribution in [2.75, 3.05) is 18.1 Å². The second kappa shape index (κ2) is 8.03. The molecule has 0 aliphatic rings. The van der Waals surface area contributed by atoms with Gasteiger partial charge < -0.3 is 9.84 Å². The highest BCUT2D eigenvalue weighted by Gasteiger charge is 1.99. The lowest BCUT2D eigenvalue weighted by molar-refractivity contribution is -0.136. The average molecular weight is 268 g/mol. The summed E-state index contributed by atoms with van der Waals surface area (Å²) in [6.07, 6.45) is 1.18. The van der Waals surface area contributed by atoms with Gasteiger partial charge in [0.05, 0.1) is 13.0 Å². The number of carboxylic acids is 1. The van der Waals surface area contributed by atoms with Gasteiger partial charge in [-0.05, 0) is 49.3 Å². The van der Waals surface area contributed by atoms with Crippen LogP contribution in [0.3, 0.4) is 0 Å². The van der Waals surface area contributed by atoms with Crippen LogP contribution in [0.25, 0.3) is 0 Å². The smallest absolute Gasteiger partial charge is 0.304 e. The van der Waals surface area contributed by atoms with E-state index in [9.17, 15) is 4.79 Å². The molecule has 3 nitrogen and oxygen atoms in total. The van der Waals surface area contributed by atoms with Gasteiger partial charge in [0.25, 0.3) is 0 Å². The molecule has 0 heterocycles. The molecule has 0 aliphatic carbocycles. The summed E-state index contributed by atoms with van der Waals surface area (Å²) in [5.74, 6) is 1.81. The molecule has 0 radical (unpaired) electrons. The van der Waals surface area contributed by atoms with Crippen LogP contribution in [0.5, 0.6) is 5.75 Å². The summed E-state index contributed by atoms with van der Waals surface area (Å²) in [5.41, 5.74) is 2.51. The van der Waals surface area contributed by atoms with Crippen molar-refractivity contribution in [3.8, 4) is 5.75 Å². The number of aliphatic carboxylic acids is 1. The maximum Gasteiger partial charge on any atom is 0.304 e. The summed E-state index contributed by atoms with van der Waals surface area (Å²) in [6, 6.07) is 6.10. The van der Waals surface area contributed by atoms with Crippen molar-refractivity contribution < 1.29 is 14.6 Å². The third-order valence-corrected chi connectivity index (χ3v) is 3.71. The van der Waals surface area contributed by atoms with Crippen LogP contribution in [0, 0.1) is 13.8 Å². The summed E-state index contributed by atoms with van der Waals surface area (Å²) in [4.78, 5) is 10.3. The van der Waals surface area contributed by atoms with E-state index in [-0.39, 0.29) is 6.42 Å². The Hall–Kier alpha value is -1.16. The highest BCUT2D eigenvalue weighted by atomic mass is 32.2. The third-order valence-electron chi connectivity index (χ3n) is 2.64. The second-order valence-electron chi connectivity index (χ2n) is 4.20. The first-order chi connectivity index (χ1) is 8.59. The molecule has 1 aromatic carbocycles. The molecule has 1 aromatic rings. The Morgan fingerprint density at radius 2 is 2.06 bits per heavy atom. The largest absolute Gasteiger partial charge is 0.494 e. The average Bonchev–Trinajstić information content (AvgIpc) is 2.32. The Kier molecular flexibility index (Phi) is 6.65. The van der Waals surface area contributed by atoms with Crippen LogP contribution in [-0.4, -0.2) is 29.2 Å². The van der Waals surface area contributed by atoms with E-state index in [0.29, 0.717) is 12.4 Å². The number of thioether (sulfide) groups is 1. The standard InChI is InChI=1S/C14H20O3S/c1-11-4-5-13(10-12(11)2)17-7-3-8-18-9-6-14(15)16/h4-5,10H,3,6-9H2,1-2H3,(H,15,16). The van der Waals surface area contributed by atoms with Gasteiger partial charge in [0, 0.05) is 5.75 Å². The minimum atomic E-state index is -0.728. The number of ether oxygens (including phenoxy) is 1. The fourth-order valence-electron chi connectivity index (χ4n) is 1.42. The summed E-state index contributed by atoms with van der Waals surface area (Å²) in [6.45, 7) is 4.84. The van der Waals surface area contributed by atoms with Crippen molar-refractivity contribution in [1.82, 2.24) is 0 Å². The molecule has 100 valence electrons. The van der Waals surface area contributed by atoms with Crippen LogP contribution < -0.4 is 4.74 Å². The number of carboxylic acid groups (broad SMARTS) is 1. The molecule has 0 saturated heterocycles. The quantitative estimate of drug-likeness (QED) is 0.735. The molecule has 18 heavy (non-hydrogen) atoms. The number of hydrogen-bond acceptors (Lipinski definition) is 3. The topological polar surface area (TPSA) is 46.5 Å². The molecular formula is C14H20O3S. The highest BCUT2D eigenvalue weighted by molar-refractivity contribution is 7.99. The first-order valence-corrected chi connectivity index (χ1v) is 7.24. The maximum atomic E-state index is 10.3. The van der Waals surface area contributed by atoms with Gasteiger partial charge in [0.2, 0.25) is 0 Å². The van der Waals surface area contributed by atoms with E-state index in [1.54, 1.807) is 11.8 Å². The van der Waals surface area contributed by atoms with E-state index < -0.39 is 5.97 Å². The highest BCUT2D eigenvalue weighted by Crippen LogP contribution is 2.16. The van der Waals surface area contributed by atoms with Crippen molar-refractivity contribution in [2.45, 2.75) is 26.7 Å². The SMILES string of the molecule is Cc1ccc(OCCCSCCC(=O)O)cc1C. The van der Waals surface area contributed by atoms with E-state index in [1.165, 1.54) is 11.1 Å². The number of aryl methyl sites for hydroxylation is 2.